The number of rotatable bonds is 6. The highest BCUT2D eigenvalue weighted by Gasteiger charge is 2.37. The summed E-state index contributed by atoms with van der Waals surface area (Å²) >= 11 is 0. The third-order valence-electron chi connectivity index (χ3n) is 3.73. The fourth-order valence-electron chi connectivity index (χ4n) is 2.41. The van der Waals surface area contributed by atoms with Crippen molar-refractivity contribution in [3.8, 4) is 0 Å². The molecule has 1 aliphatic carbocycles. The van der Waals surface area contributed by atoms with E-state index < -0.39 is 0 Å². The second-order valence-electron chi connectivity index (χ2n) is 5.25. The van der Waals surface area contributed by atoms with Crippen LogP contribution in [0, 0.1) is 5.92 Å². The molecule has 0 amide bonds. The van der Waals surface area contributed by atoms with Crippen LogP contribution in [0.1, 0.15) is 37.7 Å². The first-order valence-electron chi connectivity index (χ1n) is 7.34. The van der Waals surface area contributed by atoms with Crippen LogP contribution in [-0.2, 0) is 0 Å². The Kier molecular flexibility index (Phi) is 5.25. The number of aliphatic imine (C=N–C) groups is 1. The second kappa shape index (κ2) is 7.17. The summed E-state index contributed by atoms with van der Waals surface area (Å²) in [7, 11) is 1.84. The molecule has 1 saturated carbocycles. The van der Waals surface area contributed by atoms with Crippen LogP contribution in [0.3, 0.4) is 0 Å². The highest BCUT2D eigenvalue weighted by molar-refractivity contribution is 5.79. The molecule has 0 heterocycles. The molecule has 2 N–H and O–H groups in total. The molecule has 0 radical (unpaired) electrons. The summed E-state index contributed by atoms with van der Waals surface area (Å²) in [5, 5.41) is 6.78. The van der Waals surface area contributed by atoms with Gasteiger partial charge in [-0.1, -0.05) is 43.7 Å². The third-order valence-corrected chi connectivity index (χ3v) is 3.73. The molecule has 0 bridgehead atoms. The summed E-state index contributed by atoms with van der Waals surface area (Å²) in [5.41, 5.74) is 1.48. The normalized spacial score (nSPS) is 22.1. The molecule has 2 atom stereocenters. The van der Waals surface area contributed by atoms with Gasteiger partial charge in [0.2, 0.25) is 0 Å². The molecule has 2 rings (SSSR count). The Morgan fingerprint density at radius 2 is 2.05 bits per heavy atom. The van der Waals surface area contributed by atoms with Crippen molar-refractivity contribution >= 4 is 5.96 Å². The summed E-state index contributed by atoms with van der Waals surface area (Å²) in [6.45, 7) is 4.22. The Hall–Kier alpha value is -1.51. The standard InChI is InChI=1S/C16H25N3/c1-3-4-10-18-16(17-2)19-12-14-11-15(14)13-8-6-5-7-9-13/h5-9,14-15H,3-4,10-12H2,1-2H3,(H2,17,18,19). The van der Waals surface area contributed by atoms with Crippen molar-refractivity contribution in [2.75, 3.05) is 20.1 Å². The van der Waals surface area contributed by atoms with Gasteiger partial charge in [0.15, 0.2) is 5.96 Å². The average Bonchev–Trinajstić information content (AvgIpc) is 3.23. The number of nitrogens with one attached hydrogen (secondary N) is 2. The zero-order valence-corrected chi connectivity index (χ0v) is 12.0. The maximum absolute atomic E-state index is 4.25. The molecule has 0 aliphatic heterocycles. The number of unbranched alkanes of at least 4 members (excludes halogenated alkanes) is 1. The molecule has 1 fully saturated rings. The van der Waals surface area contributed by atoms with E-state index >= 15 is 0 Å². The van der Waals surface area contributed by atoms with Gasteiger partial charge in [-0.25, -0.2) is 0 Å². The van der Waals surface area contributed by atoms with E-state index in [0.717, 1.165) is 30.9 Å². The highest BCUT2D eigenvalue weighted by atomic mass is 15.2. The van der Waals surface area contributed by atoms with Gasteiger partial charge in [0, 0.05) is 20.1 Å². The van der Waals surface area contributed by atoms with Gasteiger partial charge in [-0.05, 0) is 30.2 Å². The minimum atomic E-state index is 0.738. The third kappa shape index (κ3) is 4.27. The summed E-state index contributed by atoms with van der Waals surface area (Å²) in [6.07, 6.45) is 3.70. The van der Waals surface area contributed by atoms with Gasteiger partial charge in [0.1, 0.15) is 0 Å². The Bertz CT molecular complexity index is 400. The van der Waals surface area contributed by atoms with Gasteiger partial charge in [-0.2, -0.15) is 0 Å². The number of benzene rings is 1. The van der Waals surface area contributed by atoms with Gasteiger partial charge in [-0.3, -0.25) is 4.99 Å². The van der Waals surface area contributed by atoms with E-state index in [1.807, 2.05) is 7.05 Å². The Morgan fingerprint density at radius 3 is 2.74 bits per heavy atom. The van der Waals surface area contributed by atoms with Crippen LogP contribution < -0.4 is 10.6 Å². The van der Waals surface area contributed by atoms with Gasteiger partial charge in [0.05, 0.1) is 0 Å². The van der Waals surface area contributed by atoms with E-state index in [2.05, 4.69) is 52.9 Å². The molecule has 3 nitrogen and oxygen atoms in total. The van der Waals surface area contributed by atoms with Crippen LogP contribution in [0.25, 0.3) is 0 Å². The fraction of sp³-hybridized carbons (Fsp3) is 0.562. The Labute approximate surface area is 116 Å². The van der Waals surface area contributed by atoms with Crippen LogP contribution in [0.5, 0.6) is 0 Å². The maximum atomic E-state index is 4.25. The van der Waals surface area contributed by atoms with Gasteiger partial charge >= 0.3 is 0 Å². The number of guanidine groups is 1. The predicted molar refractivity (Wildman–Crippen MR) is 81.6 cm³/mol. The van der Waals surface area contributed by atoms with Crippen molar-refractivity contribution in [1.29, 1.82) is 0 Å². The van der Waals surface area contributed by atoms with E-state index in [9.17, 15) is 0 Å². The molecule has 0 aromatic heterocycles. The van der Waals surface area contributed by atoms with Gasteiger partial charge in [-0.15, -0.1) is 0 Å². The van der Waals surface area contributed by atoms with E-state index in [1.54, 1.807) is 0 Å². The second-order valence-corrected chi connectivity index (χ2v) is 5.25. The smallest absolute Gasteiger partial charge is 0.190 e. The first-order valence-corrected chi connectivity index (χ1v) is 7.34. The van der Waals surface area contributed by atoms with Gasteiger partial charge < -0.3 is 10.6 Å². The van der Waals surface area contributed by atoms with E-state index in [0.29, 0.717) is 0 Å². The molecule has 3 heteroatoms. The maximum Gasteiger partial charge on any atom is 0.190 e. The lowest BCUT2D eigenvalue weighted by molar-refractivity contribution is 0.698. The Balaban J connectivity index is 1.69. The largest absolute Gasteiger partial charge is 0.356 e. The molecular weight excluding hydrogens is 234 g/mol. The van der Waals surface area contributed by atoms with E-state index in [4.69, 9.17) is 0 Å². The van der Waals surface area contributed by atoms with Crippen molar-refractivity contribution in [3.05, 3.63) is 35.9 Å². The molecule has 1 aliphatic rings. The predicted octanol–water partition coefficient (Wildman–Crippen LogP) is 2.76. The first kappa shape index (κ1) is 13.9. The molecule has 19 heavy (non-hydrogen) atoms. The topological polar surface area (TPSA) is 36.4 Å². The summed E-state index contributed by atoms with van der Waals surface area (Å²) in [5.74, 6) is 2.43. The monoisotopic (exact) mass is 259 g/mol. The molecule has 1 aromatic carbocycles. The van der Waals surface area contributed by atoms with Crippen LogP contribution in [-0.4, -0.2) is 26.1 Å². The lowest BCUT2D eigenvalue weighted by Gasteiger charge is -2.11. The van der Waals surface area contributed by atoms with Crippen molar-refractivity contribution in [2.45, 2.75) is 32.1 Å². The van der Waals surface area contributed by atoms with Crippen LogP contribution in [0.15, 0.2) is 35.3 Å². The van der Waals surface area contributed by atoms with E-state index in [1.165, 1.54) is 24.8 Å². The van der Waals surface area contributed by atoms with Crippen LogP contribution in [0.4, 0.5) is 0 Å². The molecule has 0 spiro atoms. The lowest BCUT2D eigenvalue weighted by atomic mass is 10.1. The van der Waals surface area contributed by atoms with Crippen molar-refractivity contribution in [2.24, 2.45) is 10.9 Å². The summed E-state index contributed by atoms with van der Waals surface area (Å²) in [4.78, 5) is 4.25. The average molecular weight is 259 g/mol. The first-order chi connectivity index (χ1) is 9.35. The van der Waals surface area contributed by atoms with Crippen LogP contribution in [0.2, 0.25) is 0 Å². The minimum Gasteiger partial charge on any atom is -0.356 e. The number of nitrogens with zero attached hydrogens (tertiary/aromatic N) is 1. The zero-order valence-electron chi connectivity index (χ0n) is 12.0. The molecule has 1 aromatic rings. The minimum absolute atomic E-state index is 0.738. The summed E-state index contributed by atoms with van der Waals surface area (Å²) in [6, 6.07) is 10.8. The fourth-order valence-corrected chi connectivity index (χ4v) is 2.41. The molecule has 2 unspecified atom stereocenters. The lowest BCUT2D eigenvalue weighted by Crippen LogP contribution is -2.38. The molecule has 104 valence electrons. The quantitative estimate of drug-likeness (QED) is 0.468. The van der Waals surface area contributed by atoms with Crippen molar-refractivity contribution < 1.29 is 0 Å². The Morgan fingerprint density at radius 1 is 1.26 bits per heavy atom. The number of hydrogen-bond donors (Lipinski definition) is 2. The van der Waals surface area contributed by atoms with Crippen molar-refractivity contribution in [3.63, 3.8) is 0 Å². The highest BCUT2D eigenvalue weighted by Crippen LogP contribution is 2.46. The van der Waals surface area contributed by atoms with Crippen molar-refractivity contribution in [1.82, 2.24) is 10.6 Å². The number of hydrogen-bond acceptors (Lipinski definition) is 1. The zero-order chi connectivity index (χ0) is 13.5. The SMILES string of the molecule is CCCCNC(=NC)NCC1CC1c1ccccc1. The van der Waals surface area contributed by atoms with Crippen LogP contribution >= 0.6 is 0 Å². The molecular formula is C16H25N3. The van der Waals surface area contributed by atoms with E-state index in [-0.39, 0.29) is 0 Å². The summed E-state index contributed by atoms with van der Waals surface area (Å²) < 4.78 is 0. The van der Waals surface area contributed by atoms with Gasteiger partial charge in [0.25, 0.3) is 0 Å². The molecule has 0 saturated heterocycles.